The van der Waals surface area contributed by atoms with Gasteiger partial charge in [-0.05, 0) is 44.0 Å². The Bertz CT molecular complexity index is 240. The Morgan fingerprint density at radius 2 is 1.82 bits per heavy atom. The van der Waals surface area contributed by atoms with Gasteiger partial charge in [0.1, 0.15) is 0 Å². The summed E-state index contributed by atoms with van der Waals surface area (Å²) in [7, 11) is 0. The van der Waals surface area contributed by atoms with E-state index < -0.39 is 0 Å². The summed E-state index contributed by atoms with van der Waals surface area (Å²) in [6.45, 7) is 0. The van der Waals surface area contributed by atoms with Crippen molar-refractivity contribution in [1.29, 1.82) is 0 Å². The summed E-state index contributed by atoms with van der Waals surface area (Å²) in [6.07, 6.45) is 1.83. The summed E-state index contributed by atoms with van der Waals surface area (Å²) in [5, 5.41) is 3.09. The monoisotopic (exact) mass is 275 g/mol. The average Bonchev–Trinajstić information content (AvgIpc) is 2.03. The molecule has 1 aromatic rings. The van der Waals surface area contributed by atoms with Crippen LogP contribution < -0.4 is 5.32 Å². The van der Waals surface area contributed by atoms with Gasteiger partial charge in [0.2, 0.25) is 0 Å². The lowest BCUT2D eigenvalue weighted by Gasteiger charge is -1.97. The van der Waals surface area contributed by atoms with E-state index in [2.05, 4.69) is 37.2 Å². The number of hydrogen-bond acceptors (Lipinski definition) is 1. The molecule has 1 aromatic carbocycles. The SMILES string of the molecule is BrC(Br)=CNc1ccccc1. The van der Waals surface area contributed by atoms with Crippen molar-refractivity contribution in [2.24, 2.45) is 0 Å². The van der Waals surface area contributed by atoms with Crippen LogP contribution in [0.15, 0.2) is 39.9 Å². The lowest BCUT2D eigenvalue weighted by Crippen LogP contribution is -1.84. The summed E-state index contributed by atoms with van der Waals surface area (Å²) < 4.78 is 0.897. The van der Waals surface area contributed by atoms with Gasteiger partial charge >= 0.3 is 0 Å². The van der Waals surface area contributed by atoms with Crippen molar-refractivity contribution in [2.75, 3.05) is 5.32 Å². The Balaban J connectivity index is 2.59. The van der Waals surface area contributed by atoms with Crippen molar-refractivity contribution in [3.63, 3.8) is 0 Å². The maximum Gasteiger partial charge on any atom is 0.0763 e. The molecule has 1 nitrogen and oxygen atoms in total. The third-order valence-corrected chi connectivity index (χ3v) is 1.58. The molecule has 0 atom stereocenters. The quantitative estimate of drug-likeness (QED) is 0.869. The minimum Gasteiger partial charge on any atom is -0.360 e. The van der Waals surface area contributed by atoms with Gasteiger partial charge in [-0.1, -0.05) is 18.2 Å². The fourth-order valence-electron chi connectivity index (χ4n) is 0.672. The summed E-state index contributed by atoms with van der Waals surface area (Å²) in [4.78, 5) is 0. The van der Waals surface area contributed by atoms with E-state index in [4.69, 9.17) is 0 Å². The van der Waals surface area contributed by atoms with Gasteiger partial charge in [0.05, 0.1) is 3.39 Å². The maximum atomic E-state index is 3.25. The summed E-state index contributed by atoms with van der Waals surface area (Å²) in [5.41, 5.74) is 1.07. The second-order valence-electron chi connectivity index (χ2n) is 1.94. The Morgan fingerprint density at radius 3 is 2.36 bits per heavy atom. The molecule has 1 N–H and O–H groups in total. The first kappa shape index (κ1) is 8.81. The first-order valence-corrected chi connectivity index (χ1v) is 4.70. The molecule has 0 aliphatic rings. The molecule has 0 amide bonds. The molecule has 0 aliphatic carbocycles. The second-order valence-corrected chi connectivity index (χ2v) is 4.72. The van der Waals surface area contributed by atoms with Crippen LogP contribution in [-0.4, -0.2) is 0 Å². The molecule has 11 heavy (non-hydrogen) atoms. The van der Waals surface area contributed by atoms with E-state index in [-0.39, 0.29) is 0 Å². The summed E-state index contributed by atoms with van der Waals surface area (Å²) in [6, 6.07) is 9.95. The third-order valence-electron chi connectivity index (χ3n) is 1.12. The maximum absolute atomic E-state index is 3.25. The van der Waals surface area contributed by atoms with Crippen LogP contribution in [0.25, 0.3) is 0 Å². The zero-order chi connectivity index (χ0) is 8.10. The topological polar surface area (TPSA) is 12.0 Å². The van der Waals surface area contributed by atoms with Gasteiger partial charge in [0.15, 0.2) is 0 Å². The average molecular weight is 277 g/mol. The summed E-state index contributed by atoms with van der Waals surface area (Å²) in [5.74, 6) is 0. The van der Waals surface area contributed by atoms with Crippen molar-refractivity contribution in [3.8, 4) is 0 Å². The normalized spacial score (nSPS) is 8.91. The number of halogens is 2. The third kappa shape index (κ3) is 3.58. The number of hydrogen-bond donors (Lipinski definition) is 1. The Morgan fingerprint density at radius 1 is 1.18 bits per heavy atom. The Kier molecular flexibility index (Phi) is 3.66. The first-order chi connectivity index (χ1) is 5.29. The molecule has 1 rings (SSSR count). The van der Waals surface area contributed by atoms with Crippen LogP contribution in [0.1, 0.15) is 0 Å². The largest absolute Gasteiger partial charge is 0.360 e. The van der Waals surface area contributed by atoms with Gasteiger partial charge < -0.3 is 5.32 Å². The molecule has 0 fully saturated rings. The van der Waals surface area contributed by atoms with Gasteiger partial charge in [-0.3, -0.25) is 0 Å². The van der Waals surface area contributed by atoms with Gasteiger partial charge in [-0.25, -0.2) is 0 Å². The van der Waals surface area contributed by atoms with Crippen LogP contribution in [0.4, 0.5) is 5.69 Å². The second kappa shape index (κ2) is 4.57. The highest BCUT2D eigenvalue weighted by Crippen LogP contribution is 2.13. The smallest absolute Gasteiger partial charge is 0.0763 e. The van der Waals surface area contributed by atoms with Gasteiger partial charge in [-0.15, -0.1) is 0 Å². The fraction of sp³-hybridized carbons (Fsp3) is 0. The summed E-state index contributed by atoms with van der Waals surface area (Å²) >= 11 is 6.49. The van der Waals surface area contributed by atoms with E-state index >= 15 is 0 Å². The highest BCUT2D eigenvalue weighted by atomic mass is 79.9. The first-order valence-electron chi connectivity index (χ1n) is 3.12. The van der Waals surface area contributed by atoms with Crippen molar-refractivity contribution in [2.45, 2.75) is 0 Å². The van der Waals surface area contributed by atoms with E-state index in [0.717, 1.165) is 9.08 Å². The highest BCUT2D eigenvalue weighted by Gasteiger charge is 1.84. The van der Waals surface area contributed by atoms with Gasteiger partial charge in [0, 0.05) is 11.9 Å². The molecule has 58 valence electrons. The lowest BCUT2D eigenvalue weighted by atomic mass is 10.3. The van der Waals surface area contributed by atoms with Crippen molar-refractivity contribution in [1.82, 2.24) is 0 Å². The van der Waals surface area contributed by atoms with Crippen LogP contribution in [0, 0.1) is 0 Å². The number of benzene rings is 1. The number of rotatable bonds is 2. The molecule has 0 heterocycles. The number of anilines is 1. The van der Waals surface area contributed by atoms with Crippen LogP contribution >= 0.6 is 31.9 Å². The minimum absolute atomic E-state index is 0.897. The number of nitrogens with one attached hydrogen (secondary N) is 1. The van der Waals surface area contributed by atoms with Crippen LogP contribution in [-0.2, 0) is 0 Å². The van der Waals surface area contributed by atoms with E-state index in [1.165, 1.54) is 0 Å². The van der Waals surface area contributed by atoms with Crippen LogP contribution in [0.2, 0.25) is 0 Å². The molecule has 0 spiro atoms. The van der Waals surface area contributed by atoms with Crippen molar-refractivity contribution < 1.29 is 0 Å². The van der Waals surface area contributed by atoms with E-state index in [0.29, 0.717) is 0 Å². The van der Waals surface area contributed by atoms with Gasteiger partial charge in [0.25, 0.3) is 0 Å². The minimum atomic E-state index is 0.897. The molecule has 0 bridgehead atoms. The van der Waals surface area contributed by atoms with E-state index in [9.17, 15) is 0 Å². The molecular weight excluding hydrogens is 270 g/mol. The van der Waals surface area contributed by atoms with E-state index in [1.54, 1.807) is 0 Å². The zero-order valence-corrected chi connectivity index (χ0v) is 8.89. The van der Waals surface area contributed by atoms with Gasteiger partial charge in [-0.2, -0.15) is 0 Å². The Hall–Kier alpha value is -0.280. The molecule has 3 heteroatoms. The fourth-order valence-corrected chi connectivity index (χ4v) is 0.901. The standard InChI is InChI=1S/C8H7Br2N/c9-8(10)6-11-7-4-2-1-3-5-7/h1-6,11H. The molecule has 0 saturated heterocycles. The predicted molar refractivity (Wildman–Crippen MR) is 56.0 cm³/mol. The molecular formula is C8H7Br2N. The molecule has 0 radical (unpaired) electrons. The lowest BCUT2D eigenvalue weighted by molar-refractivity contribution is 1.59. The highest BCUT2D eigenvalue weighted by molar-refractivity contribution is 9.28. The molecule has 0 saturated carbocycles. The Labute approximate surface area is 82.8 Å². The molecule has 0 unspecified atom stereocenters. The van der Waals surface area contributed by atoms with Crippen LogP contribution in [0.5, 0.6) is 0 Å². The van der Waals surface area contributed by atoms with Crippen molar-refractivity contribution in [3.05, 3.63) is 39.9 Å². The van der Waals surface area contributed by atoms with E-state index in [1.807, 2.05) is 36.5 Å². The molecule has 0 aromatic heterocycles. The van der Waals surface area contributed by atoms with Crippen molar-refractivity contribution >= 4 is 37.5 Å². The van der Waals surface area contributed by atoms with Crippen LogP contribution in [0.3, 0.4) is 0 Å². The number of para-hydroxylation sites is 1. The predicted octanol–water partition coefficient (Wildman–Crippen LogP) is 3.69. The zero-order valence-electron chi connectivity index (χ0n) is 5.72. The molecule has 0 aliphatic heterocycles.